The van der Waals surface area contributed by atoms with Crippen LogP contribution in [0.2, 0.25) is 10.0 Å². The summed E-state index contributed by atoms with van der Waals surface area (Å²) in [7, 11) is -3.17. The third-order valence-corrected chi connectivity index (χ3v) is 5.90. The molecule has 0 radical (unpaired) electrons. The molecule has 1 aromatic rings. The molecule has 106 valence electrons. The van der Waals surface area contributed by atoms with Gasteiger partial charge in [0, 0.05) is 12.6 Å². The van der Waals surface area contributed by atoms with E-state index in [9.17, 15) is 8.42 Å². The van der Waals surface area contributed by atoms with Crippen molar-refractivity contribution >= 4 is 33.2 Å². The van der Waals surface area contributed by atoms with Crippen molar-refractivity contribution in [3.63, 3.8) is 0 Å². The Kier molecular flexibility index (Phi) is 4.77. The van der Waals surface area contributed by atoms with Gasteiger partial charge in [0.05, 0.1) is 15.8 Å². The SMILES string of the molecule is CCCS(=O)(=O)N(Cc1ccc(Cl)c(Cl)c1)C1CC1. The lowest BCUT2D eigenvalue weighted by Crippen LogP contribution is -2.34. The van der Waals surface area contributed by atoms with Crippen molar-refractivity contribution in [3.8, 4) is 0 Å². The van der Waals surface area contributed by atoms with Crippen molar-refractivity contribution in [2.24, 2.45) is 0 Å². The summed E-state index contributed by atoms with van der Waals surface area (Å²) in [6, 6.07) is 5.42. The van der Waals surface area contributed by atoms with Gasteiger partial charge >= 0.3 is 0 Å². The lowest BCUT2D eigenvalue weighted by molar-refractivity contribution is 0.398. The van der Waals surface area contributed by atoms with E-state index in [1.807, 2.05) is 13.0 Å². The first kappa shape index (κ1) is 15.1. The highest BCUT2D eigenvalue weighted by molar-refractivity contribution is 7.89. The van der Waals surface area contributed by atoms with Crippen molar-refractivity contribution in [2.75, 3.05) is 5.75 Å². The number of halogens is 2. The largest absolute Gasteiger partial charge is 0.214 e. The van der Waals surface area contributed by atoms with Gasteiger partial charge in [0.2, 0.25) is 10.0 Å². The van der Waals surface area contributed by atoms with Crippen molar-refractivity contribution in [1.82, 2.24) is 4.31 Å². The second-order valence-corrected chi connectivity index (χ2v) is 7.70. The molecule has 0 unspecified atom stereocenters. The summed E-state index contributed by atoms with van der Waals surface area (Å²) in [5.74, 6) is 0.199. The normalized spacial score (nSPS) is 16.0. The Labute approximate surface area is 124 Å². The Bertz CT molecular complexity index is 556. The van der Waals surface area contributed by atoms with E-state index in [0.29, 0.717) is 23.0 Å². The average Bonchev–Trinajstić information content (AvgIpc) is 3.14. The van der Waals surface area contributed by atoms with Crippen LogP contribution in [-0.2, 0) is 16.6 Å². The fraction of sp³-hybridized carbons (Fsp3) is 0.538. The van der Waals surface area contributed by atoms with E-state index >= 15 is 0 Å². The Morgan fingerprint density at radius 3 is 2.47 bits per heavy atom. The topological polar surface area (TPSA) is 37.4 Å². The predicted molar refractivity (Wildman–Crippen MR) is 79.1 cm³/mol. The summed E-state index contributed by atoms with van der Waals surface area (Å²) in [4.78, 5) is 0. The van der Waals surface area contributed by atoms with Crippen molar-refractivity contribution in [2.45, 2.75) is 38.8 Å². The molecule has 1 saturated carbocycles. The third kappa shape index (κ3) is 3.85. The molecule has 0 aliphatic heterocycles. The number of hydrogen-bond acceptors (Lipinski definition) is 2. The van der Waals surface area contributed by atoms with Gasteiger partial charge in [-0.2, -0.15) is 4.31 Å². The van der Waals surface area contributed by atoms with E-state index < -0.39 is 10.0 Å². The van der Waals surface area contributed by atoms with Gasteiger partial charge in [-0.15, -0.1) is 0 Å². The minimum absolute atomic E-state index is 0.158. The second-order valence-electron chi connectivity index (χ2n) is 4.84. The van der Waals surface area contributed by atoms with Crippen LogP contribution in [0.15, 0.2) is 18.2 Å². The summed E-state index contributed by atoms with van der Waals surface area (Å²) in [5.41, 5.74) is 0.876. The van der Waals surface area contributed by atoms with Crippen LogP contribution in [0.5, 0.6) is 0 Å². The molecule has 1 fully saturated rings. The molecule has 0 aromatic heterocycles. The first-order valence-electron chi connectivity index (χ1n) is 6.37. The molecule has 0 saturated heterocycles. The van der Waals surface area contributed by atoms with Crippen molar-refractivity contribution < 1.29 is 8.42 Å². The van der Waals surface area contributed by atoms with E-state index in [1.165, 1.54) is 0 Å². The molecular formula is C13H17Cl2NO2S. The van der Waals surface area contributed by atoms with Gasteiger partial charge in [0.15, 0.2) is 0 Å². The number of nitrogens with zero attached hydrogens (tertiary/aromatic N) is 1. The van der Waals surface area contributed by atoms with Gasteiger partial charge in [0.25, 0.3) is 0 Å². The first-order valence-corrected chi connectivity index (χ1v) is 8.74. The number of sulfonamides is 1. The zero-order valence-corrected chi connectivity index (χ0v) is 13.1. The minimum Gasteiger partial charge on any atom is -0.212 e. The highest BCUT2D eigenvalue weighted by Gasteiger charge is 2.36. The van der Waals surface area contributed by atoms with Crippen LogP contribution in [0, 0.1) is 0 Å². The zero-order chi connectivity index (χ0) is 14.0. The maximum Gasteiger partial charge on any atom is 0.214 e. The summed E-state index contributed by atoms with van der Waals surface area (Å²) < 4.78 is 26.1. The van der Waals surface area contributed by atoms with Crippen molar-refractivity contribution in [1.29, 1.82) is 0 Å². The van der Waals surface area contributed by atoms with E-state index in [0.717, 1.165) is 18.4 Å². The highest BCUT2D eigenvalue weighted by atomic mass is 35.5. The molecule has 1 aliphatic carbocycles. The van der Waals surface area contributed by atoms with E-state index in [-0.39, 0.29) is 11.8 Å². The van der Waals surface area contributed by atoms with Gasteiger partial charge in [0.1, 0.15) is 0 Å². The maximum absolute atomic E-state index is 12.2. The molecule has 1 aromatic carbocycles. The van der Waals surface area contributed by atoms with E-state index in [4.69, 9.17) is 23.2 Å². The molecule has 0 N–H and O–H groups in total. The molecule has 0 spiro atoms. The minimum atomic E-state index is -3.17. The molecule has 3 nitrogen and oxygen atoms in total. The zero-order valence-electron chi connectivity index (χ0n) is 10.8. The number of hydrogen-bond donors (Lipinski definition) is 0. The summed E-state index contributed by atoms with van der Waals surface area (Å²) in [5, 5.41) is 0.947. The standard InChI is InChI=1S/C13H17Cl2NO2S/c1-2-7-19(17,18)16(11-4-5-11)9-10-3-6-12(14)13(15)8-10/h3,6,8,11H,2,4-5,7,9H2,1H3. The smallest absolute Gasteiger partial charge is 0.212 e. The molecule has 6 heteroatoms. The third-order valence-electron chi connectivity index (χ3n) is 3.10. The average molecular weight is 322 g/mol. The van der Waals surface area contributed by atoms with Crippen LogP contribution < -0.4 is 0 Å². The van der Waals surface area contributed by atoms with Crippen LogP contribution in [0.4, 0.5) is 0 Å². The summed E-state index contributed by atoms with van der Waals surface area (Å²) in [6.45, 7) is 2.26. The van der Waals surface area contributed by atoms with Crippen molar-refractivity contribution in [3.05, 3.63) is 33.8 Å². The lowest BCUT2D eigenvalue weighted by atomic mass is 10.2. The van der Waals surface area contributed by atoms with Gasteiger partial charge in [-0.05, 0) is 37.0 Å². The summed E-state index contributed by atoms with van der Waals surface area (Å²) in [6.07, 6.45) is 2.53. The molecule has 1 aliphatic rings. The molecule has 0 bridgehead atoms. The Balaban J connectivity index is 2.19. The van der Waals surface area contributed by atoms with Crippen LogP contribution >= 0.6 is 23.2 Å². The Morgan fingerprint density at radius 2 is 1.95 bits per heavy atom. The molecule has 0 atom stereocenters. The van der Waals surface area contributed by atoms with Crippen LogP contribution in [0.1, 0.15) is 31.7 Å². The fourth-order valence-corrected chi connectivity index (χ4v) is 4.09. The quantitative estimate of drug-likeness (QED) is 0.801. The van der Waals surface area contributed by atoms with Crippen LogP contribution in [0.25, 0.3) is 0 Å². The molecule has 0 amide bonds. The number of benzene rings is 1. The van der Waals surface area contributed by atoms with Gasteiger partial charge < -0.3 is 0 Å². The predicted octanol–water partition coefficient (Wildman–Crippen LogP) is 3.70. The molecule has 19 heavy (non-hydrogen) atoms. The highest BCUT2D eigenvalue weighted by Crippen LogP contribution is 2.32. The molecular weight excluding hydrogens is 305 g/mol. The van der Waals surface area contributed by atoms with Gasteiger partial charge in [-0.1, -0.05) is 36.2 Å². The fourth-order valence-electron chi connectivity index (χ4n) is 2.01. The summed E-state index contributed by atoms with van der Waals surface area (Å²) >= 11 is 11.8. The maximum atomic E-state index is 12.2. The first-order chi connectivity index (χ1) is 8.94. The lowest BCUT2D eigenvalue weighted by Gasteiger charge is -2.21. The molecule has 0 heterocycles. The van der Waals surface area contributed by atoms with Gasteiger partial charge in [-0.3, -0.25) is 0 Å². The van der Waals surface area contributed by atoms with Crippen LogP contribution in [-0.4, -0.2) is 24.5 Å². The Morgan fingerprint density at radius 1 is 1.26 bits per heavy atom. The van der Waals surface area contributed by atoms with Crippen LogP contribution in [0.3, 0.4) is 0 Å². The second kappa shape index (κ2) is 6.00. The monoisotopic (exact) mass is 321 g/mol. The Hall–Kier alpha value is -0.290. The van der Waals surface area contributed by atoms with Gasteiger partial charge in [-0.25, -0.2) is 8.42 Å². The van der Waals surface area contributed by atoms with E-state index in [2.05, 4.69) is 0 Å². The molecule has 2 rings (SSSR count). The number of rotatable bonds is 6. The van der Waals surface area contributed by atoms with E-state index in [1.54, 1.807) is 16.4 Å².